The Kier molecular flexibility index (Phi) is 4.02. The Balaban J connectivity index is 2.23. The molecule has 5 heteroatoms. The minimum atomic E-state index is -0.872. The van der Waals surface area contributed by atoms with Crippen LogP contribution in [0.2, 0.25) is 0 Å². The van der Waals surface area contributed by atoms with Crippen molar-refractivity contribution in [3.05, 3.63) is 54.1 Å². The maximum atomic E-state index is 11.2. The standard InChI is InChI=1S/C18H16BNO3/c1-23-15-4-2-3-11(9-15)18-13(10-17(21)22)7-12-8-14(19)5-6-16(12)20-18/h2-9H,10,19H2,1H3,(H,21,22). The van der Waals surface area contributed by atoms with Gasteiger partial charge < -0.3 is 9.84 Å². The number of ether oxygens (including phenoxy) is 1. The summed E-state index contributed by atoms with van der Waals surface area (Å²) in [6.45, 7) is 0. The van der Waals surface area contributed by atoms with Gasteiger partial charge in [-0.2, -0.15) is 0 Å². The molecular weight excluding hydrogens is 289 g/mol. The van der Waals surface area contributed by atoms with E-state index in [-0.39, 0.29) is 6.42 Å². The maximum Gasteiger partial charge on any atom is 0.307 e. The Morgan fingerprint density at radius 2 is 2.04 bits per heavy atom. The lowest BCUT2D eigenvalue weighted by atomic mass is 9.93. The molecule has 0 saturated carbocycles. The average molecular weight is 305 g/mol. The molecule has 3 rings (SSSR count). The Hall–Kier alpha value is -2.82. The van der Waals surface area contributed by atoms with E-state index in [2.05, 4.69) is 0 Å². The quantitative estimate of drug-likeness (QED) is 0.747. The van der Waals surface area contributed by atoms with Gasteiger partial charge in [0.1, 0.15) is 13.6 Å². The van der Waals surface area contributed by atoms with E-state index in [1.54, 1.807) is 7.11 Å². The van der Waals surface area contributed by atoms with Gasteiger partial charge in [-0.15, -0.1) is 0 Å². The van der Waals surface area contributed by atoms with Crippen molar-refractivity contribution in [1.29, 1.82) is 0 Å². The van der Waals surface area contributed by atoms with Gasteiger partial charge in [0.05, 0.1) is 24.7 Å². The lowest BCUT2D eigenvalue weighted by Gasteiger charge is -2.11. The van der Waals surface area contributed by atoms with Gasteiger partial charge in [0.2, 0.25) is 0 Å². The van der Waals surface area contributed by atoms with E-state index in [1.807, 2.05) is 56.4 Å². The largest absolute Gasteiger partial charge is 0.497 e. The van der Waals surface area contributed by atoms with Crippen LogP contribution in [0.1, 0.15) is 5.56 Å². The van der Waals surface area contributed by atoms with Crippen LogP contribution in [0.3, 0.4) is 0 Å². The van der Waals surface area contributed by atoms with Crippen LogP contribution in [0.15, 0.2) is 48.5 Å². The van der Waals surface area contributed by atoms with Crippen LogP contribution in [0.5, 0.6) is 5.75 Å². The van der Waals surface area contributed by atoms with E-state index in [0.29, 0.717) is 11.3 Å². The fourth-order valence-electron chi connectivity index (χ4n) is 2.66. The number of carbonyl (C=O) groups is 1. The number of rotatable bonds is 4. The van der Waals surface area contributed by atoms with Crippen LogP contribution in [0, 0.1) is 0 Å². The predicted molar refractivity (Wildman–Crippen MR) is 93.2 cm³/mol. The van der Waals surface area contributed by atoms with E-state index in [9.17, 15) is 9.90 Å². The number of carboxylic acids is 1. The fraction of sp³-hybridized carbons (Fsp3) is 0.111. The van der Waals surface area contributed by atoms with Crippen LogP contribution in [0.4, 0.5) is 0 Å². The molecule has 1 heterocycles. The first kappa shape index (κ1) is 15.1. The summed E-state index contributed by atoms with van der Waals surface area (Å²) in [5.41, 5.74) is 4.20. The second-order valence-corrected chi connectivity index (χ2v) is 5.49. The van der Waals surface area contributed by atoms with E-state index in [4.69, 9.17) is 9.72 Å². The number of pyridine rings is 1. The number of hydrogen-bond acceptors (Lipinski definition) is 3. The zero-order chi connectivity index (χ0) is 16.4. The molecule has 0 bridgehead atoms. The van der Waals surface area contributed by atoms with Crippen molar-refractivity contribution in [2.24, 2.45) is 0 Å². The van der Waals surface area contributed by atoms with Crippen LogP contribution in [-0.4, -0.2) is 31.0 Å². The van der Waals surface area contributed by atoms with Crippen LogP contribution < -0.4 is 10.2 Å². The number of hydrogen-bond donors (Lipinski definition) is 1. The lowest BCUT2D eigenvalue weighted by molar-refractivity contribution is -0.136. The summed E-state index contributed by atoms with van der Waals surface area (Å²) in [5.74, 6) is -0.155. The number of methoxy groups -OCH3 is 1. The highest BCUT2D eigenvalue weighted by atomic mass is 16.5. The molecule has 0 radical (unpaired) electrons. The SMILES string of the molecule is Bc1ccc2nc(-c3cccc(OC)c3)c(CC(=O)O)cc2c1. The summed E-state index contributed by atoms with van der Waals surface area (Å²) in [5, 5.41) is 10.2. The number of fused-ring (bicyclic) bond motifs is 1. The summed E-state index contributed by atoms with van der Waals surface area (Å²) in [6, 6.07) is 15.4. The van der Waals surface area contributed by atoms with Gasteiger partial charge in [0.15, 0.2) is 0 Å². The number of aromatic nitrogens is 1. The van der Waals surface area contributed by atoms with Crippen molar-refractivity contribution < 1.29 is 14.6 Å². The van der Waals surface area contributed by atoms with E-state index < -0.39 is 5.97 Å². The molecule has 0 fully saturated rings. The Morgan fingerprint density at radius 3 is 2.78 bits per heavy atom. The molecule has 114 valence electrons. The highest BCUT2D eigenvalue weighted by molar-refractivity contribution is 6.33. The highest BCUT2D eigenvalue weighted by Crippen LogP contribution is 2.28. The van der Waals surface area contributed by atoms with Crippen molar-refractivity contribution in [2.45, 2.75) is 6.42 Å². The first-order valence-electron chi connectivity index (χ1n) is 7.33. The minimum absolute atomic E-state index is 0.0660. The normalized spacial score (nSPS) is 10.7. The molecular formula is C18H16BNO3. The van der Waals surface area contributed by atoms with E-state index in [1.165, 1.54) is 0 Å². The minimum Gasteiger partial charge on any atom is -0.497 e. The summed E-state index contributed by atoms with van der Waals surface area (Å²) < 4.78 is 5.26. The number of carboxylic acid groups (broad SMARTS) is 1. The van der Waals surface area contributed by atoms with Crippen molar-refractivity contribution in [2.75, 3.05) is 7.11 Å². The van der Waals surface area contributed by atoms with Crippen molar-refractivity contribution >= 4 is 30.2 Å². The lowest BCUT2D eigenvalue weighted by Crippen LogP contribution is -2.05. The van der Waals surface area contributed by atoms with Gasteiger partial charge >= 0.3 is 5.97 Å². The summed E-state index contributed by atoms with van der Waals surface area (Å²) >= 11 is 0. The molecule has 1 N–H and O–H groups in total. The molecule has 0 aliphatic rings. The Morgan fingerprint density at radius 1 is 1.22 bits per heavy atom. The molecule has 0 saturated heterocycles. The molecule has 3 aromatic rings. The molecule has 0 amide bonds. The zero-order valence-electron chi connectivity index (χ0n) is 13.0. The summed E-state index contributed by atoms with van der Waals surface area (Å²) in [6.07, 6.45) is -0.0660. The van der Waals surface area contributed by atoms with Crippen molar-refractivity contribution in [1.82, 2.24) is 4.98 Å². The number of nitrogens with zero attached hydrogens (tertiary/aromatic N) is 1. The zero-order valence-corrected chi connectivity index (χ0v) is 13.0. The molecule has 1 aromatic heterocycles. The molecule has 2 aromatic carbocycles. The van der Waals surface area contributed by atoms with Gasteiger partial charge in [-0.25, -0.2) is 4.98 Å². The summed E-state index contributed by atoms with van der Waals surface area (Å²) in [4.78, 5) is 15.9. The van der Waals surface area contributed by atoms with E-state index in [0.717, 1.165) is 27.7 Å². The van der Waals surface area contributed by atoms with Crippen molar-refractivity contribution in [3.63, 3.8) is 0 Å². The fourth-order valence-corrected chi connectivity index (χ4v) is 2.66. The first-order valence-corrected chi connectivity index (χ1v) is 7.33. The molecule has 0 aliphatic carbocycles. The molecule has 4 nitrogen and oxygen atoms in total. The van der Waals surface area contributed by atoms with Gasteiger partial charge in [-0.3, -0.25) is 4.79 Å². The van der Waals surface area contributed by atoms with Gasteiger partial charge in [0, 0.05) is 5.56 Å². The Labute approximate surface area is 135 Å². The third-order valence-corrected chi connectivity index (χ3v) is 3.73. The van der Waals surface area contributed by atoms with Crippen LogP contribution >= 0.6 is 0 Å². The third kappa shape index (κ3) is 3.18. The van der Waals surface area contributed by atoms with E-state index >= 15 is 0 Å². The second kappa shape index (κ2) is 6.12. The average Bonchev–Trinajstić information content (AvgIpc) is 2.53. The predicted octanol–water partition coefficient (Wildman–Crippen LogP) is 1.80. The highest BCUT2D eigenvalue weighted by Gasteiger charge is 2.13. The third-order valence-electron chi connectivity index (χ3n) is 3.73. The smallest absolute Gasteiger partial charge is 0.307 e. The number of aliphatic carboxylic acids is 1. The van der Waals surface area contributed by atoms with Gasteiger partial charge in [0.25, 0.3) is 0 Å². The number of benzene rings is 2. The van der Waals surface area contributed by atoms with Crippen molar-refractivity contribution in [3.8, 4) is 17.0 Å². The van der Waals surface area contributed by atoms with Gasteiger partial charge in [-0.05, 0) is 35.2 Å². The first-order chi connectivity index (χ1) is 11.1. The topological polar surface area (TPSA) is 59.4 Å². The molecule has 0 aliphatic heterocycles. The molecule has 0 spiro atoms. The second-order valence-electron chi connectivity index (χ2n) is 5.49. The van der Waals surface area contributed by atoms with Crippen LogP contribution in [0.25, 0.3) is 22.2 Å². The van der Waals surface area contributed by atoms with Gasteiger partial charge in [-0.1, -0.05) is 29.7 Å². The molecule has 0 atom stereocenters. The van der Waals surface area contributed by atoms with Crippen LogP contribution in [-0.2, 0) is 11.2 Å². The Bertz CT molecular complexity index is 893. The monoisotopic (exact) mass is 305 g/mol. The molecule has 23 heavy (non-hydrogen) atoms. The summed E-state index contributed by atoms with van der Waals surface area (Å²) in [7, 11) is 3.61. The maximum absolute atomic E-state index is 11.2. The molecule has 0 unspecified atom stereocenters.